The van der Waals surface area contributed by atoms with Gasteiger partial charge in [-0.05, 0) is 41.8 Å². The third kappa shape index (κ3) is 3.91. The molecule has 5 nitrogen and oxygen atoms in total. The summed E-state index contributed by atoms with van der Waals surface area (Å²) in [5, 5.41) is 18.0. The number of hydrogen-bond donors (Lipinski definition) is 2. The van der Waals surface area contributed by atoms with Gasteiger partial charge in [-0.15, -0.1) is 0 Å². The van der Waals surface area contributed by atoms with Crippen molar-refractivity contribution in [2.45, 2.75) is 0 Å². The van der Waals surface area contributed by atoms with Gasteiger partial charge in [-0.1, -0.05) is 18.2 Å². The predicted molar refractivity (Wildman–Crippen MR) is 97.8 cm³/mol. The Bertz CT molecular complexity index is 959. The topological polar surface area (TPSA) is 82.0 Å². The van der Waals surface area contributed by atoms with Gasteiger partial charge in [0.15, 0.2) is 0 Å². The van der Waals surface area contributed by atoms with Crippen molar-refractivity contribution in [2.75, 3.05) is 10.6 Å². The second-order valence-electron chi connectivity index (χ2n) is 5.16. The lowest BCUT2D eigenvalue weighted by molar-refractivity contribution is 0.102. The molecule has 3 rings (SSSR count). The molecule has 0 bridgehead atoms. The van der Waals surface area contributed by atoms with E-state index in [1.165, 1.54) is 11.3 Å². The lowest BCUT2D eigenvalue weighted by atomic mass is 10.1. The molecule has 0 spiro atoms. The van der Waals surface area contributed by atoms with Crippen LogP contribution in [0, 0.1) is 11.3 Å². The van der Waals surface area contributed by atoms with Crippen molar-refractivity contribution >= 4 is 34.5 Å². The van der Waals surface area contributed by atoms with Gasteiger partial charge in [-0.2, -0.15) is 16.6 Å². The highest BCUT2D eigenvalue weighted by atomic mass is 32.1. The van der Waals surface area contributed by atoms with Gasteiger partial charge in [0.05, 0.1) is 28.4 Å². The summed E-state index contributed by atoms with van der Waals surface area (Å²) < 4.78 is 0. The Labute approximate surface area is 148 Å². The van der Waals surface area contributed by atoms with Crippen molar-refractivity contribution in [3.63, 3.8) is 0 Å². The van der Waals surface area contributed by atoms with Crippen LogP contribution in [0.3, 0.4) is 0 Å². The normalized spacial score (nSPS) is 9.88. The molecule has 25 heavy (non-hydrogen) atoms. The van der Waals surface area contributed by atoms with E-state index in [1.54, 1.807) is 60.0 Å². The maximum atomic E-state index is 12.6. The molecule has 0 aliphatic carbocycles. The first-order chi connectivity index (χ1) is 12.2. The molecule has 0 unspecified atom stereocenters. The molecule has 3 aromatic rings. The number of carbonyl (C=O) groups is 2. The molecule has 0 aliphatic rings. The average molecular weight is 347 g/mol. The highest BCUT2D eigenvalue weighted by Crippen LogP contribution is 2.19. The summed E-state index contributed by atoms with van der Waals surface area (Å²) in [6.45, 7) is 0. The van der Waals surface area contributed by atoms with Crippen LogP contribution in [0.5, 0.6) is 0 Å². The largest absolute Gasteiger partial charge is 0.322 e. The zero-order valence-corrected chi connectivity index (χ0v) is 13.8. The molecule has 0 radical (unpaired) electrons. The minimum absolute atomic E-state index is 0.270. The van der Waals surface area contributed by atoms with E-state index in [-0.39, 0.29) is 11.8 Å². The van der Waals surface area contributed by atoms with Crippen LogP contribution in [-0.4, -0.2) is 11.8 Å². The summed E-state index contributed by atoms with van der Waals surface area (Å²) >= 11 is 1.43. The Kier molecular flexibility index (Phi) is 4.88. The van der Waals surface area contributed by atoms with Gasteiger partial charge >= 0.3 is 0 Å². The van der Waals surface area contributed by atoms with Crippen LogP contribution in [0.4, 0.5) is 11.4 Å². The molecular formula is C19H13N3O2S. The molecule has 6 heteroatoms. The van der Waals surface area contributed by atoms with Gasteiger partial charge in [-0.25, -0.2) is 0 Å². The third-order valence-electron chi connectivity index (χ3n) is 3.45. The van der Waals surface area contributed by atoms with Crippen molar-refractivity contribution in [1.82, 2.24) is 0 Å². The van der Waals surface area contributed by atoms with Crippen LogP contribution >= 0.6 is 11.3 Å². The minimum atomic E-state index is -0.365. The molecule has 0 saturated carbocycles. The van der Waals surface area contributed by atoms with E-state index in [1.807, 2.05) is 11.4 Å². The van der Waals surface area contributed by atoms with Gasteiger partial charge in [0.1, 0.15) is 0 Å². The average Bonchev–Trinajstić information content (AvgIpc) is 3.17. The Morgan fingerprint density at radius 1 is 0.960 bits per heavy atom. The number of benzene rings is 2. The molecule has 2 amide bonds. The lowest BCUT2D eigenvalue weighted by Crippen LogP contribution is -2.18. The second-order valence-corrected chi connectivity index (χ2v) is 5.94. The first kappa shape index (κ1) is 16.4. The van der Waals surface area contributed by atoms with Gasteiger partial charge in [0.2, 0.25) is 0 Å². The number of nitrogens with one attached hydrogen (secondary N) is 2. The van der Waals surface area contributed by atoms with Crippen molar-refractivity contribution in [3.05, 3.63) is 82.0 Å². The van der Waals surface area contributed by atoms with Gasteiger partial charge in [0.25, 0.3) is 11.8 Å². The molecule has 0 atom stereocenters. The monoisotopic (exact) mass is 347 g/mol. The highest BCUT2D eigenvalue weighted by Gasteiger charge is 2.14. The fourth-order valence-corrected chi connectivity index (χ4v) is 2.88. The number of rotatable bonds is 4. The third-order valence-corrected chi connectivity index (χ3v) is 4.14. The SMILES string of the molecule is N#Cc1cccc(NC(=O)c2ccccc2NC(=O)c2ccsc2)c1. The predicted octanol–water partition coefficient (Wildman–Crippen LogP) is 4.12. The number of carbonyl (C=O) groups excluding carboxylic acids is 2. The van der Waals surface area contributed by atoms with Crippen molar-refractivity contribution in [1.29, 1.82) is 5.26 Å². The Morgan fingerprint density at radius 2 is 1.80 bits per heavy atom. The number of thiophene rings is 1. The fraction of sp³-hybridized carbons (Fsp3) is 0. The Hall–Kier alpha value is -3.43. The zero-order chi connectivity index (χ0) is 17.6. The first-order valence-corrected chi connectivity index (χ1v) is 8.36. The molecule has 0 saturated heterocycles. The maximum absolute atomic E-state index is 12.6. The van der Waals surface area contributed by atoms with Crippen LogP contribution < -0.4 is 10.6 Å². The van der Waals surface area contributed by atoms with E-state index < -0.39 is 0 Å². The second kappa shape index (κ2) is 7.43. The smallest absolute Gasteiger partial charge is 0.257 e. The summed E-state index contributed by atoms with van der Waals surface area (Å²) in [6, 6.07) is 17.2. The van der Waals surface area contributed by atoms with Crippen LogP contribution in [0.2, 0.25) is 0 Å². The molecular weight excluding hydrogens is 334 g/mol. The standard InChI is InChI=1S/C19H13N3O2S/c20-11-13-4-3-5-15(10-13)21-19(24)16-6-1-2-7-17(16)22-18(23)14-8-9-25-12-14/h1-10,12H,(H,21,24)(H,22,23). The van der Waals surface area contributed by atoms with Crippen LogP contribution in [0.15, 0.2) is 65.4 Å². The minimum Gasteiger partial charge on any atom is -0.322 e. The van der Waals surface area contributed by atoms with E-state index in [0.29, 0.717) is 28.1 Å². The summed E-state index contributed by atoms with van der Waals surface area (Å²) in [5.41, 5.74) is 2.28. The summed E-state index contributed by atoms with van der Waals surface area (Å²) in [5.74, 6) is -0.635. The zero-order valence-electron chi connectivity index (χ0n) is 13.0. The fourth-order valence-electron chi connectivity index (χ4n) is 2.24. The van der Waals surface area contributed by atoms with E-state index in [9.17, 15) is 9.59 Å². The van der Waals surface area contributed by atoms with Crippen LogP contribution in [0.25, 0.3) is 0 Å². The van der Waals surface area contributed by atoms with Crippen molar-refractivity contribution in [3.8, 4) is 6.07 Å². The number of nitriles is 1. The number of anilines is 2. The molecule has 1 aromatic heterocycles. The van der Waals surface area contributed by atoms with E-state index in [4.69, 9.17) is 5.26 Å². The van der Waals surface area contributed by atoms with Crippen LogP contribution in [-0.2, 0) is 0 Å². The lowest BCUT2D eigenvalue weighted by Gasteiger charge is -2.11. The molecule has 0 fully saturated rings. The number of hydrogen-bond acceptors (Lipinski definition) is 4. The van der Waals surface area contributed by atoms with E-state index >= 15 is 0 Å². The van der Waals surface area contributed by atoms with Gasteiger partial charge in [0, 0.05) is 11.1 Å². The van der Waals surface area contributed by atoms with Crippen molar-refractivity contribution < 1.29 is 9.59 Å². The first-order valence-electron chi connectivity index (χ1n) is 7.41. The Balaban J connectivity index is 1.81. The molecule has 2 aromatic carbocycles. The quantitative estimate of drug-likeness (QED) is 0.744. The molecule has 122 valence electrons. The molecule has 2 N–H and O–H groups in total. The van der Waals surface area contributed by atoms with Gasteiger partial charge < -0.3 is 10.6 Å². The summed E-state index contributed by atoms with van der Waals surface area (Å²) in [6.07, 6.45) is 0. The maximum Gasteiger partial charge on any atom is 0.257 e. The summed E-state index contributed by atoms with van der Waals surface area (Å²) in [7, 11) is 0. The van der Waals surface area contributed by atoms with E-state index in [2.05, 4.69) is 10.6 Å². The highest BCUT2D eigenvalue weighted by molar-refractivity contribution is 7.08. The van der Waals surface area contributed by atoms with Gasteiger partial charge in [-0.3, -0.25) is 9.59 Å². The van der Waals surface area contributed by atoms with E-state index in [0.717, 1.165) is 0 Å². The molecule has 1 heterocycles. The molecule has 0 aliphatic heterocycles. The number of nitrogens with zero attached hydrogens (tertiary/aromatic N) is 1. The number of para-hydroxylation sites is 1. The van der Waals surface area contributed by atoms with Crippen LogP contribution in [0.1, 0.15) is 26.3 Å². The summed E-state index contributed by atoms with van der Waals surface area (Å²) in [4.78, 5) is 24.8. The number of amides is 2. The van der Waals surface area contributed by atoms with Crippen molar-refractivity contribution in [2.24, 2.45) is 0 Å². The Morgan fingerprint density at radius 3 is 2.56 bits per heavy atom.